The zero-order valence-corrected chi connectivity index (χ0v) is 17.6. The molecule has 0 spiro atoms. The average Bonchev–Trinajstić information content (AvgIpc) is 3.15. The van der Waals surface area contributed by atoms with Crippen LogP contribution in [-0.2, 0) is 26.6 Å². The van der Waals surface area contributed by atoms with Crippen molar-refractivity contribution < 1.29 is 45.0 Å². The molecule has 0 aromatic heterocycles. The second kappa shape index (κ2) is 9.32. The predicted octanol–water partition coefficient (Wildman–Crippen LogP) is 6.68. The van der Waals surface area contributed by atoms with E-state index < -0.39 is 59.3 Å². The smallest absolute Gasteiger partial charge is 0.416 e. The summed E-state index contributed by atoms with van der Waals surface area (Å²) in [5, 5.41) is 0. The van der Waals surface area contributed by atoms with Crippen molar-refractivity contribution in [3.8, 4) is 0 Å². The van der Waals surface area contributed by atoms with E-state index in [1.807, 2.05) is 0 Å². The van der Waals surface area contributed by atoms with Gasteiger partial charge >= 0.3 is 18.3 Å². The van der Waals surface area contributed by atoms with Crippen molar-refractivity contribution in [3.63, 3.8) is 0 Å². The zero-order chi connectivity index (χ0) is 24.6. The van der Waals surface area contributed by atoms with Crippen LogP contribution in [0.5, 0.6) is 0 Å². The van der Waals surface area contributed by atoms with Gasteiger partial charge in [0.25, 0.3) is 0 Å². The van der Waals surface area contributed by atoms with Gasteiger partial charge in [-0.2, -0.15) is 26.3 Å². The monoisotopic (exact) mass is 478 g/mol. The second-order valence-electron chi connectivity index (χ2n) is 7.94. The summed E-state index contributed by atoms with van der Waals surface area (Å²) >= 11 is 0. The molecule has 1 saturated carbocycles. The summed E-state index contributed by atoms with van der Waals surface area (Å²) in [6, 6.07) is 6.64. The average molecular weight is 478 g/mol. The van der Waals surface area contributed by atoms with Gasteiger partial charge in [0.1, 0.15) is 5.82 Å². The number of halogens is 7. The first-order chi connectivity index (χ1) is 15.3. The third kappa shape index (κ3) is 5.66. The lowest BCUT2D eigenvalue weighted by Gasteiger charge is -2.28. The van der Waals surface area contributed by atoms with Crippen LogP contribution in [0.4, 0.5) is 30.7 Å². The van der Waals surface area contributed by atoms with Crippen molar-refractivity contribution in [1.82, 2.24) is 0 Å². The van der Waals surface area contributed by atoms with Crippen molar-refractivity contribution in [2.24, 2.45) is 5.92 Å². The van der Waals surface area contributed by atoms with E-state index >= 15 is 0 Å². The molecule has 1 aliphatic carbocycles. The van der Waals surface area contributed by atoms with Gasteiger partial charge in [-0.15, -0.1) is 0 Å². The molecule has 0 saturated heterocycles. The Morgan fingerprint density at radius 3 is 1.97 bits per heavy atom. The Hall–Kier alpha value is -2.62. The van der Waals surface area contributed by atoms with Crippen LogP contribution in [0.1, 0.15) is 54.0 Å². The van der Waals surface area contributed by atoms with E-state index in [9.17, 15) is 35.5 Å². The molecule has 4 atom stereocenters. The van der Waals surface area contributed by atoms with E-state index in [0.717, 1.165) is 0 Å². The first-order valence-corrected chi connectivity index (χ1v) is 10.1. The summed E-state index contributed by atoms with van der Waals surface area (Å²) in [6.07, 6.45) is -11.2. The van der Waals surface area contributed by atoms with E-state index in [1.54, 1.807) is 0 Å². The zero-order valence-electron chi connectivity index (χ0n) is 17.6. The van der Waals surface area contributed by atoms with Crippen LogP contribution in [-0.4, -0.2) is 19.2 Å². The molecular formula is C23H21F7O3. The van der Waals surface area contributed by atoms with Gasteiger partial charge < -0.3 is 9.47 Å². The quantitative estimate of drug-likeness (QED) is 0.356. The van der Waals surface area contributed by atoms with Gasteiger partial charge in [0, 0.05) is 5.92 Å². The molecule has 1 fully saturated rings. The number of hydrogen-bond acceptors (Lipinski definition) is 3. The summed E-state index contributed by atoms with van der Waals surface area (Å²) in [6.45, 7) is 1.35. The lowest BCUT2D eigenvalue weighted by Crippen LogP contribution is -2.27. The van der Waals surface area contributed by atoms with E-state index in [0.29, 0.717) is 30.5 Å². The summed E-state index contributed by atoms with van der Waals surface area (Å²) in [4.78, 5) is 12.3. The molecule has 0 radical (unpaired) electrons. The first kappa shape index (κ1) is 25.0. The molecule has 0 heterocycles. The Labute approximate surface area is 185 Å². The Kier molecular flexibility index (Phi) is 7.07. The molecule has 2 aromatic rings. The molecule has 0 amide bonds. The third-order valence-electron chi connectivity index (χ3n) is 5.81. The fourth-order valence-electron chi connectivity index (χ4n) is 4.22. The van der Waals surface area contributed by atoms with Crippen LogP contribution in [0.15, 0.2) is 42.5 Å². The molecule has 10 heteroatoms. The first-order valence-electron chi connectivity index (χ1n) is 10.1. The summed E-state index contributed by atoms with van der Waals surface area (Å²) in [5.41, 5.74) is -2.61. The van der Waals surface area contributed by atoms with Crippen molar-refractivity contribution in [3.05, 3.63) is 70.5 Å². The van der Waals surface area contributed by atoms with Gasteiger partial charge in [-0.1, -0.05) is 12.1 Å². The van der Waals surface area contributed by atoms with Gasteiger partial charge in [0.15, 0.2) is 0 Å². The van der Waals surface area contributed by atoms with Gasteiger partial charge in [0.2, 0.25) is 0 Å². The number of ether oxygens (including phenoxy) is 2. The Morgan fingerprint density at radius 1 is 0.939 bits per heavy atom. The number of hydrogen-bond donors (Lipinski definition) is 0. The minimum absolute atomic E-state index is 0.0559. The van der Waals surface area contributed by atoms with Crippen LogP contribution in [0.3, 0.4) is 0 Å². The molecule has 180 valence electrons. The Balaban J connectivity index is 1.94. The highest BCUT2D eigenvalue weighted by atomic mass is 19.4. The molecule has 1 unspecified atom stereocenters. The molecular weight excluding hydrogens is 457 g/mol. The number of carbonyl (C=O) groups excluding carboxylic acids is 1. The SMILES string of the molecule is COC(=O)[C@@H]1CC[C@H](OC(C)c2cc(C(F)(F)F)cc(C(F)(F)F)c2)[C@H]1c1ccc(F)cc1. The highest BCUT2D eigenvalue weighted by Crippen LogP contribution is 2.45. The number of methoxy groups -OCH3 is 1. The second-order valence-corrected chi connectivity index (χ2v) is 7.94. The molecule has 0 aliphatic heterocycles. The van der Waals surface area contributed by atoms with E-state index in [4.69, 9.17) is 9.47 Å². The molecule has 33 heavy (non-hydrogen) atoms. The fraction of sp³-hybridized carbons (Fsp3) is 0.435. The highest BCUT2D eigenvalue weighted by Gasteiger charge is 2.44. The Bertz CT molecular complexity index is 951. The van der Waals surface area contributed by atoms with E-state index in [2.05, 4.69) is 0 Å². The maximum absolute atomic E-state index is 13.4. The number of carbonyl (C=O) groups is 1. The lowest BCUT2D eigenvalue weighted by atomic mass is 9.87. The number of esters is 1. The molecule has 0 N–H and O–H groups in total. The van der Waals surface area contributed by atoms with Crippen LogP contribution in [0.25, 0.3) is 0 Å². The normalized spacial score (nSPS) is 22.3. The molecule has 0 bridgehead atoms. The molecule has 2 aromatic carbocycles. The number of rotatable bonds is 5. The Morgan fingerprint density at radius 2 is 1.48 bits per heavy atom. The topological polar surface area (TPSA) is 35.5 Å². The van der Waals surface area contributed by atoms with E-state index in [1.165, 1.54) is 38.3 Å². The molecule has 3 nitrogen and oxygen atoms in total. The van der Waals surface area contributed by atoms with Gasteiger partial charge in [-0.3, -0.25) is 4.79 Å². The van der Waals surface area contributed by atoms with Crippen LogP contribution >= 0.6 is 0 Å². The number of alkyl halides is 6. The molecule has 1 aliphatic rings. The van der Waals surface area contributed by atoms with Crippen LogP contribution in [0, 0.1) is 11.7 Å². The van der Waals surface area contributed by atoms with Crippen molar-refractivity contribution in [2.75, 3.05) is 7.11 Å². The largest absolute Gasteiger partial charge is 0.469 e. The van der Waals surface area contributed by atoms with Crippen molar-refractivity contribution >= 4 is 5.97 Å². The van der Waals surface area contributed by atoms with Crippen LogP contribution < -0.4 is 0 Å². The molecule has 3 rings (SSSR count). The fourth-order valence-corrected chi connectivity index (χ4v) is 4.22. The van der Waals surface area contributed by atoms with Gasteiger partial charge in [0.05, 0.1) is 36.4 Å². The van der Waals surface area contributed by atoms with Crippen LogP contribution in [0.2, 0.25) is 0 Å². The van der Waals surface area contributed by atoms with Gasteiger partial charge in [-0.25, -0.2) is 4.39 Å². The maximum Gasteiger partial charge on any atom is 0.416 e. The van der Waals surface area contributed by atoms with Crippen molar-refractivity contribution in [2.45, 2.75) is 50.2 Å². The minimum atomic E-state index is -4.98. The lowest BCUT2D eigenvalue weighted by molar-refractivity contribution is -0.147. The van der Waals surface area contributed by atoms with E-state index in [-0.39, 0.29) is 11.6 Å². The highest BCUT2D eigenvalue weighted by molar-refractivity contribution is 5.74. The summed E-state index contributed by atoms with van der Waals surface area (Å²) < 4.78 is 103. The van der Waals surface area contributed by atoms with Crippen molar-refractivity contribution in [1.29, 1.82) is 0 Å². The predicted molar refractivity (Wildman–Crippen MR) is 104 cm³/mol. The third-order valence-corrected chi connectivity index (χ3v) is 5.81. The number of benzene rings is 2. The summed E-state index contributed by atoms with van der Waals surface area (Å²) in [5.74, 6) is -2.28. The van der Waals surface area contributed by atoms with Gasteiger partial charge in [-0.05, 0) is 61.2 Å². The standard InChI is InChI=1S/C23H21F7O3/c1-12(14-9-15(22(25,26)27)11-16(10-14)23(28,29)30)33-19-8-7-18(21(31)32-2)20(19)13-3-5-17(24)6-4-13/h3-6,9-12,18-20H,7-8H2,1-2H3/t12?,18-,19+,20+/m1/s1. The summed E-state index contributed by atoms with van der Waals surface area (Å²) in [7, 11) is 1.21. The maximum atomic E-state index is 13.4. The minimum Gasteiger partial charge on any atom is -0.469 e.